The molecule has 0 aliphatic carbocycles. The zero-order chi connectivity index (χ0) is 26.3. The van der Waals surface area contributed by atoms with Crippen molar-refractivity contribution in [1.82, 2.24) is 0 Å². The Balaban J connectivity index is 3.44. The largest absolute Gasteiger partial charge is 0.472 e. The van der Waals surface area contributed by atoms with Gasteiger partial charge in [-0.15, -0.1) is 0 Å². The molecule has 0 bridgehead atoms. The van der Waals surface area contributed by atoms with Crippen molar-refractivity contribution in [2.75, 3.05) is 54.1 Å². The first kappa shape index (κ1) is 34.7. The molecule has 35 heavy (non-hydrogen) atoms. The molecule has 0 aromatic heterocycles. The normalized spacial score (nSPS) is 15.0. The first-order valence-corrected chi connectivity index (χ1v) is 15.5. The number of quaternary nitrogens is 1. The maximum Gasteiger partial charge on any atom is 0.472 e. The summed E-state index contributed by atoms with van der Waals surface area (Å²) in [5.74, 6) is 0. The lowest BCUT2D eigenvalue weighted by Crippen LogP contribution is -2.37. The van der Waals surface area contributed by atoms with Gasteiger partial charge >= 0.3 is 7.82 Å². The van der Waals surface area contributed by atoms with E-state index >= 15 is 0 Å². The van der Waals surface area contributed by atoms with Crippen LogP contribution in [0.5, 0.6) is 0 Å². The van der Waals surface area contributed by atoms with E-state index in [0.717, 1.165) is 19.3 Å². The van der Waals surface area contributed by atoms with E-state index in [9.17, 15) is 14.6 Å². The average Bonchev–Trinajstić information content (AvgIpc) is 2.78. The van der Waals surface area contributed by atoms with Crippen molar-refractivity contribution >= 4 is 7.82 Å². The highest BCUT2D eigenvalue weighted by Gasteiger charge is 2.24. The van der Waals surface area contributed by atoms with Crippen molar-refractivity contribution in [3.63, 3.8) is 0 Å². The molecule has 0 saturated heterocycles. The smallest absolute Gasteiger partial charge is 0.388 e. The molecule has 1 unspecified atom stereocenters. The number of nitrogens with zero attached hydrogens (tertiary/aromatic N) is 1. The molecule has 0 aliphatic rings. The Bertz CT molecular complexity index is 538. The minimum Gasteiger partial charge on any atom is -0.388 e. The second-order valence-electron chi connectivity index (χ2n) is 10.6. The minimum absolute atomic E-state index is 0.0709. The summed E-state index contributed by atoms with van der Waals surface area (Å²) < 4.78 is 27.6. The topological polar surface area (TPSA) is 85.2 Å². The summed E-state index contributed by atoms with van der Waals surface area (Å²) in [4.78, 5) is 9.64. The van der Waals surface area contributed by atoms with E-state index in [4.69, 9.17) is 13.8 Å². The first-order chi connectivity index (χ1) is 16.7. The fourth-order valence-corrected chi connectivity index (χ4v) is 4.30. The highest BCUT2D eigenvalue weighted by Crippen LogP contribution is 2.43. The van der Waals surface area contributed by atoms with Gasteiger partial charge in [-0.3, -0.25) is 9.05 Å². The van der Waals surface area contributed by atoms with E-state index in [2.05, 4.69) is 19.1 Å². The molecular weight excluding hydrogens is 465 g/mol. The second-order valence-corrected chi connectivity index (χ2v) is 12.1. The van der Waals surface area contributed by atoms with E-state index in [0.29, 0.717) is 17.6 Å². The summed E-state index contributed by atoms with van der Waals surface area (Å²) in [6, 6.07) is 0. The lowest BCUT2D eigenvalue weighted by atomic mass is 10.0. The summed E-state index contributed by atoms with van der Waals surface area (Å²) in [5, 5.41) is 9.86. The van der Waals surface area contributed by atoms with Gasteiger partial charge in [0.25, 0.3) is 0 Å². The molecular formula is C27H57NO6P+. The summed E-state index contributed by atoms with van der Waals surface area (Å²) >= 11 is 0. The molecule has 0 aliphatic heterocycles. The van der Waals surface area contributed by atoms with Crippen LogP contribution in [-0.4, -0.2) is 74.7 Å². The third kappa shape index (κ3) is 28.2. The van der Waals surface area contributed by atoms with Gasteiger partial charge in [0, 0.05) is 6.61 Å². The molecule has 0 aromatic rings. The number of unbranched alkanes of at least 4 members (excludes halogenated alkanes) is 13. The van der Waals surface area contributed by atoms with Crippen LogP contribution in [0.1, 0.15) is 103 Å². The fourth-order valence-electron chi connectivity index (χ4n) is 3.56. The maximum absolute atomic E-state index is 11.8. The number of phosphoric ester groups is 1. The van der Waals surface area contributed by atoms with Gasteiger partial charge in [0.2, 0.25) is 0 Å². The van der Waals surface area contributed by atoms with E-state index in [1.807, 2.05) is 21.1 Å². The molecule has 8 heteroatoms. The predicted molar refractivity (Wildman–Crippen MR) is 146 cm³/mol. The number of aliphatic hydroxyl groups excluding tert-OH is 1. The summed E-state index contributed by atoms with van der Waals surface area (Å²) in [6.45, 7) is 3.27. The maximum atomic E-state index is 11.8. The van der Waals surface area contributed by atoms with Gasteiger partial charge in [0.15, 0.2) is 0 Å². The van der Waals surface area contributed by atoms with Crippen LogP contribution in [0.2, 0.25) is 0 Å². The van der Waals surface area contributed by atoms with Crippen LogP contribution in [0.3, 0.4) is 0 Å². The molecule has 0 heterocycles. The second kappa shape index (κ2) is 22.9. The van der Waals surface area contributed by atoms with Crippen molar-refractivity contribution in [3.8, 4) is 0 Å². The number of aliphatic hydroxyl groups is 1. The van der Waals surface area contributed by atoms with Crippen molar-refractivity contribution in [1.29, 1.82) is 0 Å². The number of hydrogen-bond donors (Lipinski definition) is 2. The average molecular weight is 523 g/mol. The molecule has 0 amide bonds. The quantitative estimate of drug-likeness (QED) is 0.0574. The van der Waals surface area contributed by atoms with Gasteiger partial charge in [-0.2, -0.15) is 0 Å². The van der Waals surface area contributed by atoms with Crippen molar-refractivity contribution in [2.45, 2.75) is 109 Å². The summed E-state index contributed by atoms with van der Waals surface area (Å²) in [6.07, 6.45) is 23.0. The highest BCUT2D eigenvalue weighted by atomic mass is 31.2. The van der Waals surface area contributed by atoms with E-state index in [1.54, 1.807) is 0 Å². The third-order valence-electron chi connectivity index (χ3n) is 5.81. The zero-order valence-corrected chi connectivity index (χ0v) is 24.2. The molecule has 7 nitrogen and oxygen atoms in total. The molecule has 0 spiro atoms. The Morgan fingerprint density at radius 1 is 0.743 bits per heavy atom. The van der Waals surface area contributed by atoms with Crippen LogP contribution in [-0.2, 0) is 18.3 Å². The number of hydrogen-bond acceptors (Lipinski definition) is 5. The molecule has 2 atom stereocenters. The number of likely N-dealkylation sites (N-methyl/N-ethyl adjacent to an activating group) is 1. The minimum atomic E-state index is -4.15. The van der Waals surface area contributed by atoms with E-state index < -0.39 is 13.9 Å². The Hall–Kier alpha value is -0.270. The summed E-state index contributed by atoms with van der Waals surface area (Å²) in [5.41, 5.74) is 0. The number of phosphoric acid groups is 1. The van der Waals surface area contributed by atoms with Gasteiger partial charge in [-0.25, -0.2) is 4.57 Å². The third-order valence-corrected chi connectivity index (χ3v) is 6.79. The number of rotatable bonds is 26. The SMILES string of the molecule is CCCCCCCCCCCCCC/C=C\CCCOC[C@@H](O)COP(=O)(O)OCC[N+](C)(C)C. The van der Waals surface area contributed by atoms with Crippen molar-refractivity contribution in [3.05, 3.63) is 12.2 Å². The van der Waals surface area contributed by atoms with E-state index in [1.165, 1.54) is 77.0 Å². The van der Waals surface area contributed by atoms with Crippen molar-refractivity contribution in [2.24, 2.45) is 0 Å². The lowest BCUT2D eigenvalue weighted by molar-refractivity contribution is -0.870. The zero-order valence-electron chi connectivity index (χ0n) is 23.3. The first-order valence-electron chi connectivity index (χ1n) is 14.0. The summed E-state index contributed by atoms with van der Waals surface area (Å²) in [7, 11) is 1.74. The highest BCUT2D eigenvalue weighted by molar-refractivity contribution is 7.47. The molecule has 210 valence electrons. The Labute approximate surface area is 216 Å². The van der Waals surface area contributed by atoms with Crippen LogP contribution in [0.15, 0.2) is 12.2 Å². The van der Waals surface area contributed by atoms with Gasteiger partial charge in [-0.1, -0.05) is 89.7 Å². The Kier molecular flexibility index (Phi) is 22.7. The molecule has 0 aromatic carbocycles. The fraction of sp³-hybridized carbons (Fsp3) is 0.926. The number of ether oxygens (including phenoxy) is 1. The van der Waals surface area contributed by atoms with Crippen LogP contribution >= 0.6 is 7.82 Å². The van der Waals surface area contributed by atoms with Gasteiger partial charge in [-0.05, 0) is 25.7 Å². The number of allylic oxidation sites excluding steroid dienone is 2. The van der Waals surface area contributed by atoms with Crippen LogP contribution in [0.25, 0.3) is 0 Å². The standard InChI is InChI=1S/C27H56NO6P/c1-5-6-7-8-9-10-11-12-13-14-15-16-17-18-19-20-21-23-32-25-27(29)26-34-35(30,31)33-24-22-28(2,3)4/h18-19,27,29H,5-17,20-26H2,1-4H3/p+1/b19-18-/t27-/m1/s1. The van der Waals surface area contributed by atoms with Gasteiger partial charge in [0.05, 0.1) is 34.4 Å². The molecule has 2 N–H and O–H groups in total. The van der Waals surface area contributed by atoms with Crippen LogP contribution in [0.4, 0.5) is 0 Å². The monoisotopic (exact) mass is 522 g/mol. The predicted octanol–water partition coefficient (Wildman–Crippen LogP) is 6.63. The van der Waals surface area contributed by atoms with Gasteiger partial charge in [0.1, 0.15) is 19.3 Å². The van der Waals surface area contributed by atoms with Crippen LogP contribution < -0.4 is 0 Å². The Morgan fingerprint density at radius 3 is 1.80 bits per heavy atom. The van der Waals surface area contributed by atoms with Crippen molar-refractivity contribution < 1.29 is 32.8 Å². The Morgan fingerprint density at radius 2 is 1.26 bits per heavy atom. The van der Waals surface area contributed by atoms with Crippen LogP contribution in [0, 0.1) is 0 Å². The lowest BCUT2D eigenvalue weighted by Gasteiger charge is -2.24. The molecule has 0 fully saturated rings. The molecule has 0 saturated carbocycles. The van der Waals surface area contributed by atoms with E-state index in [-0.39, 0.29) is 19.8 Å². The molecule has 0 rings (SSSR count). The van der Waals surface area contributed by atoms with Gasteiger partial charge < -0.3 is 19.2 Å². The molecule has 0 radical (unpaired) electrons.